The van der Waals surface area contributed by atoms with Gasteiger partial charge >= 0.3 is 0 Å². The van der Waals surface area contributed by atoms with E-state index in [2.05, 4.69) is 5.32 Å². The van der Waals surface area contributed by atoms with Gasteiger partial charge in [0, 0.05) is 26.0 Å². The monoisotopic (exact) mass is 304 g/mol. The number of rotatable bonds is 8. The molecule has 6 nitrogen and oxygen atoms in total. The van der Waals surface area contributed by atoms with Crippen LogP contribution < -0.4 is 15.8 Å². The number of anilines is 1. The second-order valence-corrected chi connectivity index (χ2v) is 3.92. The summed E-state index contributed by atoms with van der Waals surface area (Å²) in [6.07, 6.45) is 0. The number of nitrogens with two attached hydrogens (primary N) is 1. The van der Waals surface area contributed by atoms with Gasteiger partial charge in [-0.1, -0.05) is 6.07 Å². The van der Waals surface area contributed by atoms with Crippen LogP contribution in [0, 0.1) is 0 Å². The van der Waals surface area contributed by atoms with Crippen molar-refractivity contribution in [1.29, 1.82) is 0 Å². The average molecular weight is 305 g/mol. The second-order valence-electron chi connectivity index (χ2n) is 3.92. The van der Waals surface area contributed by atoms with Gasteiger partial charge in [0.2, 0.25) is 5.91 Å². The quantitative estimate of drug-likeness (QED) is 0.701. The van der Waals surface area contributed by atoms with Crippen LogP contribution in [0.25, 0.3) is 0 Å². The summed E-state index contributed by atoms with van der Waals surface area (Å²) in [6.45, 7) is 1.14. The summed E-state index contributed by atoms with van der Waals surface area (Å²) in [7, 11) is 3.11. The molecule has 3 N–H and O–H groups in total. The Morgan fingerprint density at radius 3 is 2.70 bits per heavy atom. The molecule has 0 bridgehead atoms. The van der Waals surface area contributed by atoms with Gasteiger partial charge in [-0.25, -0.2) is 0 Å². The summed E-state index contributed by atoms with van der Waals surface area (Å²) in [6, 6.07) is 6.40. The molecule has 0 radical (unpaired) electrons. The van der Waals surface area contributed by atoms with Gasteiger partial charge in [-0.2, -0.15) is 0 Å². The fraction of sp³-hybridized carbons (Fsp3) is 0.462. The van der Waals surface area contributed by atoms with E-state index in [0.717, 1.165) is 0 Å². The van der Waals surface area contributed by atoms with E-state index < -0.39 is 6.04 Å². The van der Waals surface area contributed by atoms with Crippen LogP contribution in [0.2, 0.25) is 0 Å². The Morgan fingerprint density at radius 1 is 1.30 bits per heavy atom. The molecule has 0 spiro atoms. The number of hydrogen-bond acceptors (Lipinski definition) is 5. The minimum absolute atomic E-state index is 0. The number of amides is 1. The van der Waals surface area contributed by atoms with Crippen LogP contribution in [0.15, 0.2) is 24.3 Å². The molecule has 0 aliphatic rings. The van der Waals surface area contributed by atoms with Gasteiger partial charge in [-0.3, -0.25) is 4.79 Å². The van der Waals surface area contributed by atoms with Crippen LogP contribution in [0.5, 0.6) is 5.75 Å². The van der Waals surface area contributed by atoms with Gasteiger partial charge in [0.15, 0.2) is 0 Å². The van der Waals surface area contributed by atoms with Gasteiger partial charge < -0.3 is 25.3 Å². The number of carbonyl (C=O) groups excluding carboxylic acids is 1. The highest BCUT2D eigenvalue weighted by molar-refractivity contribution is 5.94. The molecular formula is C13H21ClN2O4. The van der Waals surface area contributed by atoms with Crippen LogP contribution in [0.3, 0.4) is 0 Å². The average Bonchev–Trinajstić information content (AvgIpc) is 2.40. The van der Waals surface area contributed by atoms with Gasteiger partial charge in [-0.15, -0.1) is 12.4 Å². The van der Waals surface area contributed by atoms with Crippen molar-refractivity contribution in [3.05, 3.63) is 24.3 Å². The zero-order chi connectivity index (χ0) is 14.1. The zero-order valence-corrected chi connectivity index (χ0v) is 12.4. The number of halogens is 1. The minimum Gasteiger partial charge on any atom is -0.491 e. The first kappa shape index (κ1) is 18.7. The molecule has 0 fully saturated rings. The summed E-state index contributed by atoms with van der Waals surface area (Å²) >= 11 is 0. The van der Waals surface area contributed by atoms with E-state index in [4.69, 9.17) is 19.9 Å². The third kappa shape index (κ3) is 6.72. The molecule has 1 unspecified atom stereocenters. The van der Waals surface area contributed by atoms with E-state index in [1.54, 1.807) is 31.4 Å². The molecule has 0 aliphatic carbocycles. The van der Waals surface area contributed by atoms with Crippen molar-refractivity contribution in [3.63, 3.8) is 0 Å². The van der Waals surface area contributed by atoms with E-state index in [1.807, 2.05) is 0 Å². The minimum atomic E-state index is -0.692. The van der Waals surface area contributed by atoms with Gasteiger partial charge in [0.05, 0.1) is 13.2 Å². The first-order chi connectivity index (χ1) is 9.17. The van der Waals surface area contributed by atoms with Crippen molar-refractivity contribution in [2.45, 2.75) is 6.04 Å². The molecule has 114 valence electrons. The van der Waals surface area contributed by atoms with Crippen LogP contribution in [-0.4, -0.2) is 46.0 Å². The summed E-state index contributed by atoms with van der Waals surface area (Å²) in [5.74, 6) is 0.367. The van der Waals surface area contributed by atoms with Crippen LogP contribution in [0.4, 0.5) is 5.69 Å². The first-order valence-corrected chi connectivity index (χ1v) is 5.94. The largest absolute Gasteiger partial charge is 0.491 e. The van der Waals surface area contributed by atoms with Crippen molar-refractivity contribution in [2.75, 3.05) is 39.4 Å². The summed E-state index contributed by atoms with van der Waals surface area (Å²) in [5.41, 5.74) is 6.26. The van der Waals surface area contributed by atoms with Crippen LogP contribution >= 0.6 is 12.4 Å². The van der Waals surface area contributed by atoms with E-state index in [1.165, 1.54) is 7.11 Å². The second kappa shape index (κ2) is 10.4. The Kier molecular flexibility index (Phi) is 9.75. The third-order valence-corrected chi connectivity index (χ3v) is 2.34. The van der Waals surface area contributed by atoms with Crippen LogP contribution in [0.1, 0.15) is 0 Å². The molecule has 1 atom stereocenters. The molecule has 7 heteroatoms. The molecule has 0 aliphatic heterocycles. The highest BCUT2D eigenvalue weighted by atomic mass is 35.5. The van der Waals surface area contributed by atoms with E-state index in [0.29, 0.717) is 24.7 Å². The fourth-order valence-electron chi connectivity index (χ4n) is 1.40. The number of methoxy groups -OCH3 is 2. The molecule has 1 aromatic rings. The number of nitrogens with one attached hydrogen (secondary N) is 1. The molecule has 0 aromatic heterocycles. The highest BCUT2D eigenvalue weighted by Crippen LogP contribution is 2.17. The molecule has 1 amide bonds. The Labute approximate surface area is 125 Å². The SMILES string of the molecule is COCCOc1cccc(NC(=O)C(N)COC)c1.Cl. The van der Waals surface area contributed by atoms with Gasteiger partial charge in [0.1, 0.15) is 18.4 Å². The third-order valence-electron chi connectivity index (χ3n) is 2.34. The Morgan fingerprint density at radius 2 is 2.05 bits per heavy atom. The summed E-state index contributed by atoms with van der Waals surface area (Å²) in [5, 5.41) is 2.70. The summed E-state index contributed by atoms with van der Waals surface area (Å²) < 4.78 is 15.2. The molecular weight excluding hydrogens is 284 g/mol. The van der Waals surface area contributed by atoms with Crippen molar-refractivity contribution in [3.8, 4) is 5.75 Å². The van der Waals surface area contributed by atoms with Crippen LogP contribution in [-0.2, 0) is 14.3 Å². The standard InChI is InChI=1S/C13H20N2O4.ClH/c1-17-6-7-19-11-5-3-4-10(8-11)15-13(16)12(14)9-18-2;/h3-5,8,12H,6-7,9,14H2,1-2H3,(H,15,16);1H. The topological polar surface area (TPSA) is 82.8 Å². The smallest absolute Gasteiger partial charge is 0.243 e. The molecule has 0 saturated heterocycles. The molecule has 1 aromatic carbocycles. The maximum absolute atomic E-state index is 11.7. The predicted octanol–water partition coefficient (Wildman–Crippen LogP) is 1.05. The normalized spacial score (nSPS) is 11.3. The predicted molar refractivity (Wildman–Crippen MR) is 79.5 cm³/mol. The Balaban J connectivity index is 0.00000361. The highest BCUT2D eigenvalue weighted by Gasteiger charge is 2.13. The zero-order valence-electron chi connectivity index (χ0n) is 11.6. The number of carbonyl (C=O) groups is 1. The fourth-order valence-corrected chi connectivity index (χ4v) is 1.40. The van der Waals surface area contributed by atoms with Crippen molar-refractivity contribution in [2.24, 2.45) is 5.73 Å². The molecule has 20 heavy (non-hydrogen) atoms. The molecule has 0 heterocycles. The van der Waals surface area contributed by atoms with E-state index in [-0.39, 0.29) is 24.9 Å². The van der Waals surface area contributed by atoms with E-state index in [9.17, 15) is 4.79 Å². The Hall–Kier alpha value is -1.34. The van der Waals surface area contributed by atoms with Gasteiger partial charge in [-0.05, 0) is 12.1 Å². The number of ether oxygens (including phenoxy) is 3. The lowest BCUT2D eigenvalue weighted by Crippen LogP contribution is -2.39. The summed E-state index contributed by atoms with van der Waals surface area (Å²) in [4.78, 5) is 11.7. The lowest BCUT2D eigenvalue weighted by Gasteiger charge is -2.12. The van der Waals surface area contributed by atoms with Crippen molar-refractivity contribution < 1.29 is 19.0 Å². The maximum Gasteiger partial charge on any atom is 0.243 e. The lowest BCUT2D eigenvalue weighted by molar-refractivity contribution is -0.118. The number of benzene rings is 1. The van der Waals surface area contributed by atoms with Gasteiger partial charge in [0.25, 0.3) is 0 Å². The lowest BCUT2D eigenvalue weighted by atomic mass is 10.2. The first-order valence-electron chi connectivity index (χ1n) is 5.94. The Bertz CT molecular complexity index is 404. The maximum atomic E-state index is 11.7. The molecule has 1 rings (SSSR count). The molecule has 0 saturated carbocycles. The van der Waals surface area contributed by atoms with Crippen molar-refractivity contribution in [1.82, 2.24) is 0 Å². The van der Waals surface area contributed by atoms with E-state index >= 15 is 0 Å². The number of hydrogen-bond donors (Lipinski definition) is 2. The van der Waals surface area contributed by atoms with Crippen molar-refractivity contribution >= 4 is 24.0 Å².